The van der Waals surface area contributed by atoms with E-state index in [-0.39, 0.29) is 5.91 Å². The molecule has 0 bridgehead atoms. The Morgan fingerprint density at radius 1 is 1.07 bits per heavy atom. The van der Waals surface area contributed by atoms with E-state index in [1.165, 1.54) is 6.33 Å². The molecule has 0 atom stereocenters. The molecule has 152 valence electrons. The molecule has 0 N–H and O–H groups in total. The van der Waals surface area contributed by atoms with Gasteiger partial charge in [0.05, 0.1) is 6.54 Å². The molecule has 0 saturated heterocycles. The first kappa shape index (κ1) is 20.0. The SMILES string of the molecule is CC(C)(C(=O)N(Cc1nccs1)Cc1ccccc1-c1ccccc1)n1cncn1. The zero-order chi connectivity index (χ0) is 21.0. The standard InChI is InChI=1S/C23H23N5OS/c1-23(2,28-17-24-16-26-28)22(29)27(15-21-25-12-13-30-21)14-19-10-6-7-11-20(19)18-8-4-3-5-9-18/h3-13,16-17H,14-15H2,1-2H3. The Morgan fingerprint density at radius 2 is 1.83 bits per heavy atom. The van der Waals surface area contributed by atoms with Gasteiger partial charge in [0.15, 0.2) is 0 Å². The van der Waals surface area contributed by atoms with E-state index in [0.29, 0.717) is 13.1 Å². The molecule has 0 saturated carbocycles. The van der Waals surface area contributed by atoms with Crippen molar-refractivity contribution in [1.82, 2.24) is 24.6 Å². The maximum absolute atomic E-state index is 13.7. The summed E-state index contributed by atoms with van der Waals surface area (Å²) >= 11 is 1.55. The minimum atomic E-state index is -0.866. The molecule has 2 aromatic carbocycles. The number of carbonyl (C=O) groups is 1. The molecule has 0 fully saturated rings. The fourth-order valence-corrected chi connectivity index (χ4v) is 4.07. The molecule has 0 aliphatic heterocycles. The molecule has 0 aliphatic carbocycles. The average molecular weight is 418 g/mol. The second-order valence-electron chi connectivity index (χ2n) is 7.51. The van der Waals surface area contributed by atoms with Gasteiger partial charge in [-0.2, -0.15) is 5.10 Å². The summed E-state index contributed by atoms with van der Waals surface area (Å²) in [5, 5.41) is 7.03. The maximum Gasteiger partial charge on any atom is 0.250 e. The molecule has 0 spiro atoms. The molecule has 7 heteroatoms. The van der Waals surface area contributed by atoms with E-state index in [1.807, 2.05) is 54.5 Å². The predicted octanol–water partition coefficient (Wildman–Crippen LogP) is 4.37. The minimum Gasteiger partial charge on any atom is -0.329 e. The Hall–Kier alpha value is -3.32. The van der Waals surface area contributed by atoms with E-state index in [1.54, 1.807) is 28.5 Å². The predicted molar refractivity (Wildman–Crippen MR) is 118 cm³/mol. The van der Waals surface area contributed by atoms with Crippen LogP contribution in [0.25, 0.3) is 11.1 Å². The number of hydrogen-bond acceptors (Lipinski definition) is 5. The highest BCUT2D eigenvalue weighted by atomic mass is 32.1. The first-order valence-electron chi connectivity index (χ1n) is 9.72. The van der Waals surface area contributed by atoms with Crippen molar-refractivity contribution in [3.05, 3.63) is 89.4 Å². The summed E-state index contributed by atoms with van der Waals surface area (Å²) in [5.74, 6) is -0.0361. The van der Waals surface area contributed by atoms with Crippen LogP contribution in [-0.4, -0.2) is 30.6 Å². The van der Waals surface area contributed by atoms with Gasteiger partial charge in [-0.3, -0.25) is 4.79 Å². The lowest BCUT2D eigenvalue weighted by Crippen LogP contribution is -2.46. The van der Waals surface area contributed by atoms with Crippen molar-refractivity contribution in [2.45, 2.75) is 32.5 Å². The molecule has 4 aromatic rings. The minimum absolute atomic E-state index is 0.0361. The molecule has 4 rings (SSSR count). The molecular formula is C23H23N5OS. The largest absolute Gasteiger partial charge is 0.329 e. The highest BCUT2D eigenvalue weighted by molar-refractivity contribution is 7.09. The van der Waals surface area contributed by atoms with Gasteiger partial charge in [-0.25, -0.2) is 14.6 Å². The van der Waals surface area contributed by atoms with Gasteiger partial charge in [0.1, 0.15) is 23.2 Å². The van der Waals surface area contributed by atoms with E-state index in [4.69, 9.17) is 0 Å². The van der Waals surface area contributed by atoms with Crippen LogP contribution in [0.5, 0.6) is 0 Å². The number of thiazole rings is 1. The van der Waals surface area contributed by atoms with Crippen molar-refractivity contribution >= 4 is 17.2 Å². The number of rotatable bonds is 7. The summed E-state index contributed by atoms with van der Waals surface area (Å²) in [7, 11) is 0. The Balaban J connectivity index is 1.69. The molecule has 0 aliphatic rings. The Morgan fingerprint density at radius 3 is 2.53 bits per heavy atom. The van der Waals surface area contributed by atoms with Crippen LogP contribution < -0.4 is 0 Å². The van der Waals surface area contributed by atoms with Crippen LogP contribution in [0.2, 0.25) is 0 Å². The van der Waals surface area contributed by atoms with Gasteiger partial charge in [0, 0.05) is 18.1 Å². The quantitative estimate of drug-likeness (QED) is 0.448. The van der Waals surface area contributed by atoms with Crippen molar-refractivity contribution in [3.63, 3.8) is 0 Å². The topological polar surface area (TPSA) is 63.9 Å². The summed E-state index contributed by atoms with van der Waals surface area (Å²) in [6.07, 6.45) is 4.80. The van der Waals surface area contributed by atoms with E-state index in [2.05, 4.69) is 39.3 Å². The van der Waals surface area contributed by atoms with Gasteiger partial charge >= 0.3 is 0 Å². The monoisotopic (exact) mass is 417 g/mol. The van der Waals surface area contributed by atoms with Gasteiger partial charge in [-0.05, 0) is 30.5 Å². The second kappa shape index (κ2) is 8.59. The highest BCUT2D eigenvalue weighted by Gasteiger charge is 2.35. The Kier molecular flexibility index (Phi) is 5.72. The summed E-state index contributed by atoms with van der Waals surface area (Å²) < 4.78 is 1.60. The Bertz CT molecular complexity index is 1090. The second-order valence-corrected chi connectivity index (χ2v) is 8.49. The van der Waals surface area contributed by atoms with Crippen LogP contribution in [0.3, 0.4) is 0 Å². The smallest absolute Gasteiger partial charge is 0.250 e. The number of nitrogens with zero attached hydrogens (tertiary/aromatic N) is 5. The first-order chi connectivity index (χ1) is 14.6. The van der Waals surface area contributed by atoms with Gasteiger partial charge in [-0.15, -0.1) is 11.3 Å². The van der Waals surface area contributed by atoms with E-state index < -0.39 is 5.54 Å². The van der Waals surface area contributed by atoms with Crippen molar-refractivity contribution in [2.24, 2.45) is 0 Å². The summed E-state index contributed by atoms with van der Waals surface area (Å²) in [4.78, 5) is 23.9. The van der Waals surface area contributed by atoms with Crippen LogP contribution >= 0.6 is 11.3 Å². The fourth-order valence-electron chi connectivity index (χ4n) is 3.44. The normalized spacial score (nSPS) is 11.4. The third-order valence-corrected chi connectivity index (χ3v) is 5.84. The molecule has 2 aromatic heterocycles. The highest BCUT2D eigenvalue weighted by Crippen LogP contribution is 2.27. The first-order valence-corrected chi connectivity index (χ1v) is 10.6. The summed E-state index contributed by atoms with van der Waals surface area (Å²) in [6, 6.07) is 18.4. The molecule has 6 nitrogen and oxygen atoms in total. The lowest BCUT2D eigenvalue weighted by atomic mass is 9.98. The molecule has 0 radical (unpaired) electrons. The van der Waals surface area contributed by atoms with Crippen molar-refractivity contribution in [1.29, 1.82) is 0 Å². The van der Waals surface area contributed by atoms with E-state index in [9.17, 15) is 4.79 Å². The molecule has 0 unspecified atom stereocenters. The van der Waals surface area contributed by atoms with E-state index in [0.717, 1.165) is 21.7 Å². The molecule has 2 heterocycles. The molecular weight excluding hydrogens is 394 g/mol. The van der Waals surface area contributed by atoms with Crippen molar-refractivity contribution < 1.29 is 4.79 Å². The van der Waals surface area contributed by atoms with Crippen LogP contribution in [0.4, 0.5) is 0 Å². The van der Waals surface area contributed by atoms with Gasteiger partial charge in [0.2, 0.25) is 0 Å². The fraction of sp³-hybridized carbons (Fsp3) is 0.217. The van der Waals surface area contributed by atoms with Crippen LogP contribution in [0, 0.1) is 0 Å². The lowest BCUT2D eigenvalue weighted by molar-refractivity contribution is -0.141. The zero-order valence-corrected chi connectivity index (χ0v) is 17.8. The Labute approximate surface area is 179 Å². The van der Waals surface area contributed by atoms with Gasteiger partial charge in [-0.1, -0.05) is 54.6 Å². The summed E-state index contributed by atoms with van der Waals surface area (Å²) in [6.45, 7) is 4.64. The van der Waals surface area contributed by atoms with Crippen LogP contribution in [0.1, 0.15) is 24.4 Å². The third-order valence-electron chi connectivity index (χ3n) is 5.08. The molecule has 30 heavy (non-hydrogen) atoms. The number of hydrogen-bond donors (Lipinski definition) is 0. The van der Waals surface area contributed by atoms with Gasteiger partial charge in [0.25, 0.3) is 5.91 Å². The lowest BCUT2D eigenvalue weighted by Gasteiger charge is -2.32. The van der Waals surface area contributed by atoms with Crippen molar-refractivity contribution in [3.8, 4) is 11.1 Å². The van der Waals surface area contributed by atoms with E-state index >= 15 is 0 Å². The zero-order valence-electron chi connectivity index (χ0n) is 17.0. The summed E-state index contributed by atoms with van der Waals surface area (Å²) in [5.41, 5.74) is 2.47. The van der Waals surface area contributed by atoms with Crippen LogP contribution in [0.15, 0.2) is 78.8 Å². The maximum atomic E-state index is 13.7. The van der Waals surface area contributed by atoms with Crippen molar-refractivity contribution in [2.75, 3.05) is 0 Å². The number of benzene rings is 2. The van der Waals surface area contributed by atoms with Gasteiger partial charge < -0.3 is 4.90 Å². The number of aromatic nitrogens is 4. The third kappa shape index (κ3) is 4.16. The number of carbonyl (C=O) groups excluding carboxylic acids is 1. The average Bonchev–Trinajstić information content (AvgIpc) is 3.48. The number of amides is 1. The van der Waals surface area contributed by atoms with Crippen LogP contribution in [-0.2, 0) is 23.4 Å². The molecule has 1 amide bonds.